The number of carbonyl (C=O) groups is 1. The van der Waals surface area contributed by atoms with Crippen LogP contribution in [0.2, 0.25) is 5.02 Å². The van der Waals surface area contributed by atoms with E-state index in [0.29, 0.717) is 37.4 Å². The van der Waals surface area contributed by atoms with Gasteiger partial charge in [0.1, 0.15) is 23.0 Å². The van der Waals surface area contributed by atoms with Crippen molar-refractivity contribution in [3.8, 4) is 17.3 Å². The first-order valence-electron chi connectivity index (χ1n) is 10.2. The molecule has 3 rings (SSSR count). The van der Waals surface area contributed by atoms with Crippen molar-refractivity contribution in [3.05, 3.63) is 45.0 Å². The van der Waals surface area contributed by atoms with Crippen molar-refractivity contribution >= 4 is 23.6 Å². The van der Waals surface area contributed by atoms with Crippen LogP contribution in [0, 0.1) is 17.1 Å². The van der Waals surface area contributed by atoms with Gasteiger partial charge in [-0.25, -0.2) is 14.2 Å². The summed E-state index contributed by atoms with van der Waals surface area (Å²) in [5.41, 5.74) is -0.491. The maximum absolute atomic E-state index is 14.1. The number of alkyl carbamates (subject to hydrolysis) is 1. The molecule has 1 fully saturated rings. The van der Waals surface area contributed by atoms with Gasteiger partial charge >= 0.3 is 6.09 Å². The van der Waals surface area contributed by atoms with Crippen LogP contribution in [0.3, 0.4) is 0 Å². The number of ether oxygens (including phenoxy) is 1. The number of nitrogens with zero attached hydrogens (tertiary/aromatic N) is 4. The zero-order valence-electron chi connectivity index (χ0n) is 18.4. The molecule has 0 bridgehead atoms. The lowest BCUT2D eigenvalue weighted by Crippen LogP contribution is -2.45. The Hall–Kier alpha value is -3.12. The van der Waals surface area contributed by atoms with Crippen LogP contribution < -0.4 is 15.8 Å². The molecule has 2 heterocycles. The summed E-state index contributed by atoms with van der Waals surface area (Å²) in [6.45, 7) is 6.65. The van der Waals surface area contributed by atoms with Crippen molar-refractivity contribution in [1.82, 2.24) is 14.9 Å². The number of rotatable bonds is 3. The molecule has 1 aliphatic heterocycles. The largest absolute Gasteiger partial charge is 0.446 e. The topological polar surface area (TPSA) is 100 Å². The molecular formula is C22H25ClFN5O3. The highest BCUT2D eigenvalue weighted by atomic mass is 35.5. The molecule has 0 spiro atoms. The zero-order valence-corrected chi connectivity index (χ0v) is 19.2. The lowest BCUT2D eigenvalue weighted by Gasteiger charge is -2.33. The van der Waals surface area contributed by atoms with Gasteiger partial charge in [0.25, 0.3) is 5.56 Å². The number of benzene rings is 1. The van der Waals surface area contributed by atoms with E-state index in [1.165, 1.54) is 16.7 Å². The molecule has 1 aliphatic rings. The predicted octanol–water partition coefficient (Wildman–Crippen LogP) is 3.60. The van der Waals surface area contributed by atoms with E-state index in [0.717, 1.165) is 6.07 Å². The van der Waals surface area contributed by atoms with E-state index in [9.17, 15) is 14.0 Å². The smallest absolute Gasteiger partial charge is 0.407 e. The van der Waals surface area contributed by atoms with Gasteiger partial charge in [-0.1, -0.05) is 17.7 Å². The first-order chi connectivity index (χ1) is 15.0. The van der Waals surface area contributed by atoms with E-state index in [-0.39, 0.29) is 27.9 Å². The van der Waals surface area contributed by atoms with Crippen molar-refractivity contribution in [3.63, 3.8) is 0 Å². The van der Waals surface area contributed by atoms with Crippen LogP contribution in [0.5, 0.6) is 0 Å². The Morgan fingerprint density at radius 3 is 2.56 bits per heavy atom. The monoisotopic (exact) mass is 461 g/mol. The van der Waals surface area contributed by atoms with Crippen molar-refractivity contribution < 1.29 is 13.9 Å². The summed E-state index contributed by atoms with van der Waals surface area (Å²) in [4.78, 5) is 31.2. The van der Waals surface area contributed by atoms with Crippen LogP contribution in [-0.2, 0) is 11.8 Å². The highest BCUT2D eigenvalue weighted by Gasteiger charge is 2.27. The summed E-state index contributed by atoms with van der Waals surface area (Å²) in [6.07, 6.45) is 0.427. The number of anilines is 1. The van der Waals surface area contributed by atoms with Gasteiger partial charge in [-0.05, 0) is 32.9 Å². The number of hydrogen-bond acceptors (Lipinski definition) is 6. The van der Waals surface area contributed by atoms with Gasteiger partial charge in [-0.3, -0.25) is 9.36 Å². The Labute approximate surface area is 190 Å². The van der Waals surface area contributed by atoms with Crippen LogP contribution >= 0.6 is 11.6 Å². The third-order valence-electron chi connectivity index (χ3n) is 5.05. The van der Waals surface area contributed by atoms with Crippen molar-refractivity contribution in [2.45, 2.75) is 45.3 Å². The minimum Gasteiger partial charge on any atom is -0.446 e. The third kappa shape index (κ3) is 5.19. The Morgan fingerprint density at radius 1 is 1.34 bits per heavy atom. The van der Waals surface area contributed by atoms with Gasteiger partial charge in [0.15, 0.2) is 0 Å². The number of aromatic nitrogens is 2. The second-order valence-corrected chi connectivity index (χ2v) is 9.09. The standard InChI is InChI=1S/C22H25ClFN5O3/c1-22(2,3)27-21(31)32-15-7-9-29(10-8-15)20-26-18(17(23)19(30)28(20)4)13-5-6-14(12-25)16(24)11-13/h5-6,11,15H,7-10H2,1-4H3,(H,27,31). The second-order valence-electron chi connectivity index (χ2n) is 8.71. The Bertz CT molecular complexity index is 1130. The number of nitrogens with one attached hydrogen (secondary N) is 1. The minimum absolute atomic E-state index is 0.105. The van der Waals surface area contributed by atoms with Crippen LogP contribution in [0.4, 0.5) is 15.1 Å². The van der Waals surface area contributed by atoms with E-state index in [1.54, 1.807) is 13.1 Å². The fourth-order valence-corrected chi connectivity index (χ4v) is 3.73. The number of nitriles is 1. The molecule has 0 unspecified atom stereocenters. The molecule has 1 amide bonds. The van der Waals surface area contributed by atoms with Crippen molar-refractivity contribution in [2.75, 3.05) is 18.0 Å². The molecule has 2 aromatic rings. The predicted molar refractivity (Wildman–Crippen MR) is 119 cm³/mol. The number of piperidine rings is 1. The van der Waals surface area contributed by atoms with Gasteiger partial charge < -0.3 is 15.0 Å². The molecule has 0 aliphatic carbocycles. The molecule has 32 heavy (non-hydrogen) atoms. The number of carbonyl (C=O) groups excluding carboxylic acids is 1. The molecule has 8 nitrogen and oxygen atoms in total. The number of hydrogen-bond donors (Lipinski definition) is 1. The molecule has 1 aromatic heterocycles. The average Bonchev–Trinajstić information content (AvgIpc) is 2.71. The van der Waals surface area contributed by atoms with Crippen molar-refractivity contribution in [1.29, 1.82) is 5.26 Å². The van der Waals surface area contributed by atoms with E-state index in [4.69, 9.17) is 21.6 Å². The first kappa shape index (κ1) is 23.5. The lowest BCUT2D eigenvalue weighted by atomic mass is 10.1. The molecule has 0 saturated carbocycles. The quantitative estimate of drug-likeness (QED) is 0.749. The number of halogens is 2. The fourth-order valence-electron chi connectivity index (χ4n) is 3.45. The Morgan fingerprint density at radius 2 is 2.00 bits per heavy atom. The molecular weight excluding hydrogens is 437 g/mol. The number of amides is 1. The SMILES string of the molecule is Cn1c(N2CCC(OC(=O)NC(C)(C)C)CC2)nc(-c2ccc(C#N)c(F)c2)c(Cl)c1=O. The molecule has 1 N–H and O–H groups in total. The van der Waals surface area contributed by atoms with Crippen LogP contribution in [0.1, 0.15) is 39.2 Å². The average molecular weight is 462 g/mol. The highest BCUT2D eigenvalue weighted by molar-refractivity contribution is 6.32. The molecule has 0 atom stereocenters. The van der Waals surface area contributed by atoms with E-state index < -0.39 is 17.5 Å². The van der Waals surface area contributed by atoms with Gasteiger partial charge in [0, 0.05) is 44.1 Å². The van der Waals surface area contributed by atoms with Crippen molar-refractivity contribution in [2.24, 2.45) is 7.05 Å². The molecule has 1 aromatic carbocycles. The van der Waals surface area contributed by atoms with Gasteiger partial charge in [-0.2, -0.15) is 5.26 Å². The summed E-state index contributed by atoms with van der Waals surface area (Å²) >= 11 is 6.24. The molecule has 1 saturated heterocycles. The summed E-state index contributed by atoms with van der Waals surface area (Å²) in [5.74, 6) is -0.326. The fraction of sp³-hybridized carbons (Fsp3) is 0.455. The molecule has 10 heteroatoms. The van der Waals surface area contributed by atoms with Gasteiger partial charge in [0.05, 0.1) is 11.3 Å². The molecule has 0 radical (unpaired) electrons. The maximum atomic E-state index is 14.1. The van der Waals surface area contributed by atoms with Crippen LogP contribution in [0.25, 0.3) is 11.3 Å². The first-order valence-corrected chi connectivity index (χ1v) is 10.6. The van der Waals surface area contributed by atoms with E-state index in [1.807, 2.05) is 25.7 Å². The second kappa shape index (κ2) is 9.17. The Kier molecular flexibility index (Phi) is 6.74. The zero-order chi connectivity index (χ0) is 23.6. The van der Waals surface area contributed by atoms with Crippen LogP contribution in [0.15, 0.2) is 23.0 Å². The highest BCUT2D eigenvalue weighted by Crippen LogP contribution is 2.28. The summed E-state index contributed by atoms with van der Waals surface area (Å²) in [6, 6.07) is 5.73. The van der Waals surface area contributed by atoms with E-state index >= 15 is 0 Å². The van der Waals surface area contributed by atoms with Gasteiger partial charge in [-0.15, -0.1) is 0 Å². The molecule has 170 valence electrons. The summed E-state index contributed by atoms with van der Waals surface area (Å²) in [7, 11) is 1.57. The van der Waals surface area contributed by atoms with E-state index in [2.05, 4.69) is 10.3 Å². The third-order valence-corrected chi connectivity index (χ3v) is 5.39. The summed E-state index contributed by atoms with van der Waals surface area (Å²) in [5, 5.41) is 11.6. The maximum Gasteiger partial charge on any atom is 0.407 e. The normalized spacial score (nSPS) is 14.7. The van der Waals surface area contributed by atoms with Crippen LogP contribution in [-0.4, -0.2) is 40.4 Å². The summed E-state index contributed by atoms with van der Waals surface area (Å²) < 4.78 is 21.0. The van der Waals surface area contributed by atoms with Gasteiger partial charge in [0.2, 0.25) is 5.95 Å². The minimum atomic E-state index is -0.711. The lowest BCUT2D eigenvalue weighted by molar-refractivity contribution is 0.0774. The Balaban J connectivity index is 1.81.